The van der Waals surface area contributed by atoms with Crippen molar-refractivity contribution in [3.63, 3.8) is 0 Å². The maximum Gasteiger partial charge on any atom is 0.164 e. The van der Waals surface area contributed by atoms with Crippen molar-refractivity contribution in [1.82, 2.24) is 4.98 Å². The van der Waals surface area contributed by atoms with Crippen LogP contribution in [0.15, 0.2) is 18.5 Å². The number of pyridine rings is 1. The molecule has 0 saturated carbocycles. The maximum absolute atomic E-state index is 12.7. The van der Waals surface area contributed by atoms with Crippen LogP contribution >= 0.6 is 0 Å². The monoisotopic (exact) mass is 191 g/mol. The predicted molar refractivity (Wildman–Crippen MR) is 51.2 cm³/mol. The van der Waals surface area contributed by atoms with E-state index in [9.17, 15) is 9.18 Å². The highest BCUT2D eigenvalue weighted by Crippen LogP contribution is 2.06. The second-order valence-corrected chi connectivity index (χ2v) is 2.87. The molecule has 0 unspecified atom stereocenters. The Morgan fingerprint density at radius 1 is 1.57 bits per heavy atom. The maximum atomic E-state index is 12.7. The molecule has 0 aliphatic rings. The van der Waals surface area contributed by atoms with E-state index in [2.05, 4.69) is 10.9 Å². The molecule has 0 fully saturated rings. The Morgan fingerprint density at radius 3 is 3.00 bits per heavy atom. The predicted octanol–water partition coefficient (Wildman–Crippen LogP) is 2.21. The van der Waals surface area contributed by atoms with E-state index in [1.54, 1.807) is 0 Å². The van der Waals surface area contributed by atoms with Gasteiger partial charge in [0.05, 0.1) is 6.20 Å². The van der Waals surface area contributed by atoms with Crippen LogP contribution in [-0.2, 0) is 0 Å². The van der Waals surface area contributed by atoms with Crippen molar-refractivity contribution in [2.45, 2.75) is 19.3 Å². The number of hydrogen-bond donors (Lipinski definition) is 0. The van der Waals surface area contributed by atoms with Crippen LogP contribution in [0.2, 0.25) is 0 Å². The fourth-order valence-corrected chi connectivity index (χ4v) is 1.06. The molecule has 0 aliphatic carbocycles. The molecule has 1 aromatic heterocycles. The van der Waals surface area contributed by atoms with Gasteiger partial charge < -0.3 is 0 Å². The molecule has 0 amide bonds. The summed E-state index contributed by atoms with van der Waals surface area (Å²) < 4.78 is 12.7. The first-order valence-electron chi connectivity index (χ1n) is 4.31. The summed E-state index contributed by atoms with van der Waals surface area (Å²) >= 11 is 0. The first kappa shape index (κ1) is 10.4. The first-order valence-corrected chi connectivity index (χ1v) is 4.31. The molecule has 1 aromatic rings. The van der Waals surface area contributed by atoms with Crippen LogP contribution in [0, 0.1) is 18.2 Å². The molecule has 0 aliphatic heterocycles. The largest absolute Gasteiger partial charge is 0.294 e. The first-order chi connectivity index (χ1) is 6.74. The molecule has 72 valence electrons. The number of aromatic nitrogens is 1. The molecule has 0 saturated heterocycles. The van der Waals surface area contributed by atoms with Gasteiger partial charge in [0.1, 0.15) is 5.82 Å². The zero-order chi connectivity index (χ0) is 10.4. The van der Waals surface area contributed by atoms with Crippen LogP contribution in [-0.4, -0.2) is 10.8 Å². The molecule has 2 nitrogen and oxygen atoms in total. The highest BCUT2D eigenvalue weighted by Gasteiger charge is 2.06. The van der Waals surface area contributed by atoms with Crippen molar-refractivity contribution in [2.24, 2.45) is 0 Å². The average Bonchev–Trinajstić information content (AvgIpc) is 2.18. The molecule has 0 bridgehead atoms. The molecule has 1 rings (SSSR count). The summed E-state index contributed by atoms with van der Waals surface area (Å²) in [4.78, 5) is 15.0. The normalized spacial score (nSPS) is 9.43. The van der Waals surface area contributed by atoms with Crippen LogP contribution in [0.25, 0.3) is 0 Å². The third-order valence-electron chi connectivity index (χ3n) is 1.75. The lowest BCUT2D eigenvalue weighted by Crippen LogP contribution is -2.00. The van der Waals surface area contributed by atoms with Gasteiger partial charge in [0, 0.05) is 24.6 Å². The minimum atomic E-state index is -0.493. The van der Waals surface area contributed by atoms with E-state index >= 15 is 0 Å². The molecule has 14 heavy (non-hydrogen) atoms. The Morgan fingerprint density at radius 2 is 2.36 bits per heavy atom. The number of carbonyl (C=O) groups is 1. The van der Waals surface area contributed by atoms with Crippen molar-refractivity contribution < 1.29 is 9.18 Å². The quantitative estimate of drug-likeness (QED) is 0.415. The summed E-state index contributed by atoms with van der Waals surface area (Å²) in [6.07, 6.45) is 9.01. The number of rotatable bonds is 4. The van der Waals surface area contributed by atoms with Gasteiger partial charge in [-0.25, -0.2) is 4.39 Å². The molecular weight excluding hydrogens is 181 g/mol. The summed E-state index contributed by atoms with van der Waals surface area (Å²) in [5, 5.41) is 0. The minimum Gasteiger partial charge on any atom is -0.294 e. The summed E-state index contributed by atoms with van der Waals surface area (Å²) in [7, 11) is 0. The van der Waals surface area contributed by atoms with Gasteiger partial charge in [-0.3, -0.25) is 9.78 Å². The Balaban J connectivity index is 2.57. The number of unbranched alkanes of at least 4 members (excludes halogenated alkanes) is 1. The van der Waals surface area contributed by atoms with Gasteiger partial charge in [0.25, 0.3) is 0 Å². The minimum absolute atomic E-state index is 0.118. The number of terminal acetylenes is 1. The summed E-state index contributed by atoms with van der Waals surface area (Å²) in [6, 6.07) is 1.19. The van der Waals surface area contributed by atoms with Gasteiger partial charge >= 0.3 is 0 Å². The lowest BCUT2D eigenvalue weighted by molar-refractivity contribution is 0.0980. The number of nitrogens with zero attached hydrogens (tertiary/aromatic N) is 1. The Hall–Kier alpha value is -1.69. The molecule has 0 aromatic carbocycles. The van der Waals surface area contributed by atoms with Crippen LogP contribution < -0.4 is 0 Å². The standard InChI is InChI=1S/C11H10FNO/c1-2-3-4-5-11(14)9-6-10(12)8-13-7-9/h1,6-8H,3-5H2. The molecule has 0 radical (unpaired) electrons. The Bertz CT molecular complexity index is 368. The summed E-state index contributed by atoms with van der Waals surface area (Å²) in [5.41, 5.74) is 0.307. The third kappa shape index (κ3) is 2.98. The topological polar surface area (TPSA) is 30.0 Å². The number of Topliss-reactive ketones (excluding diaryl/α,β-unsaturated/α-hetero) is 1. The molecule has 0 spiro atoms. The zero-order valence-corrected chi connectivity index (χ0v) is 7.66. The van der Waals surface area contributed by atoms with Crippen molar-refractivity contribution >= 4 is 5.78 Å². The fourth-order valence-electron chi connectivity index (χ4n) is 1.06. The number of ketones is 1. The highest BCUT2D eigenvalue weighted by molar-refractivity contribution is 5.95. The lowest BCUT2D eigenvalue weighted by Gasteiger charge is -1.98. The van der Waals surface area contributed by atoms with Crippen molar-refractivity contribution in [1.29, 1.82) is 0 Å². The van der Waals surface area contributed by atoms with E-state index in [-0.39, 0.29) is 5.78 Å². The van der Waals surface area contributed by atoms with Crippen molar-refractivity contribution in [2.75, 3.05) is 0 Å². The van der Waals surface area contributed by atoms with Gasteiger partial charge in [0.2, 0.25) is 0 Å². The highest BCUT2D eigenvalue weighted by atomic mass is 19.1. The third-order valence-corrected chi connectivity index (χ3v) is 1.75. The van der Waals surface area contributed by atoms with Crippen LogP contribution in [0.4, 0.5) is 4.39 Å². The fraction of sp³-hybridized carbons (Fsp3) is 0.273. The van der Waals surface area contributed by atoms with E-state index in [1.807, 2.05) is 0 Å². The lowest BCUT2D eigenvalue weighted by atomic mass is 10.1. The average molecular weight is 191 g/mol. The van der Waals surface area contributed by atoms with Gasteiger partial charge in [-0.1, -0.05) is 0 Å². The van der Waals surface area contributed by atoms with Crippen LogP contribution in [0.5, 0.6) is 0 Å². The Kier molecular flexibility index (Phi) is 3.81. The Labute approximate surface area is 82.2 Å². The van der Waals surface area contributed by atoms with Gasteiger partial charge in [-0.15, -0.1) is 12.3 Å². The molecular formula is C11H10FNO. The van der Waals surface area contributed by atoms with E-state index in [4.69, 9.17) is 6.42 Å². The van der Waals surface area contributed by atoms with Crippen molar-refractivity contribution in [3.8, 4) is 12.3 Å². The SMILES string of the molecule is C#CCCCC(=O)c1cncc(F)c1. The van der Waals surface area contributed by atoms with Gasteiger partial charge in [-0.2, -0.15) is 0 Å². The summed E-state index contributed by atoms with van der Waals surface area (Å²) in [5.74, 6) is 1.83. The molecule has 3 heteroatoms. The van der Waals surface area contributed by atoms with E-state index in [0.717, 1.165) is 6.20 Å². The van der Waals surface area contributed by atoms with E-state index in [1.165, 1.54) is 12.3 Å². The second kappa shape index (κ2) is 5.13. The number of carbonyl (C=O) groups excluding carboxylic acids is 1. The van der Waals surface area contributed by atoms with Crippen LogP contribution in [0.3, 0.4) is 0 Å². The zero-order valence-electron chi connectivity index (χ0n) is 7.66. The van der Waals surface area contributed by atoms with Crippen molar-refractivity contribution in [3.05, 3.63) is 29.8 Å². The van der Waals surface area contributed by atoms with Gasteiger partial charge in [0.15, 0.2) is 5.78 Å². The molecule has 0 atom stereocenters. The van der Waals surface area contributed by atoms with Gasteiger partial charge in [-0.05, 0) is 12.5 Å². The van der Waals surface area contributed by atoms with E-state index < -0.39 is 5.82 Å². The van der Waals surface area contributed by atoms with Crippen LogP contribution in [0.1, 0.15) is 29.6 Å². The van der Waals surface area contributed by atoms with E-state index in [0.29, 0.717) is 24.8 Å². The molecule has 0 N–H and O–H groups in total. The number of halogens is 1. The number of hydrogen-bond acceptors (Lipinski definition) is 2. The smallest absolute Gasteiger partial charge is 0.164 e. The second-order valence-electron chi connectivity index (χ2n) is 2.87. The summed E-state index contributed by atoms with van der Waals surface area (Å²) in [6.45, 7) is 0. The molecule has 1 heterocycles.